The first kappa shape index (κ1) is 12.8. The van der Waals surface area contributed by atoms with Crippen molar-refractivity contribution in [1.82, 2.24) is 24.9 Å². The molecule has 2 aromatic rings. The molecule has 1 N–H and O–H groups in total. The Morgan fingerprint density at radius 1 is 1.33 bits per heavy atom. The monoisotopic (exact) mass is 247 g/mol. The van der Waals surface area contributed by atoms with E-state index in [4.69, 9.17) is 0 Å². The molecule has 0 fully saturated rings. The van der Waals surface area contributed by atoms with Gasteiger partial charge in [0.15, 0.2) is 0 Å². The molecule has 5 nitrogen and oxygen atoms in total. The molecular weight excluding hydrogens is 226 g/mol. The molecule has 2 rings (SSSR count). The molecule has 0 aliphatic rings. The highest BCUT2D eigenvalue weighted by Gasteiger charge is 2.02. The Balaban J connectivity index is 1.73. The van der Waals surface area contributed by atoms with Crippen LogP contribution in [0.3, 0.4) is 0 Å². The summed E-state index contributed by atoms with van der Waals surface area (Å²) >= 11 is 0. The number of hydrogen-bond acceptors (Lipinski definition) is 3. The fourth-order valence-electron chi connectivity index (χ4n) is 1.85. The number of aromatic nitrogens is 4. The van der Waals surface area contributed by atoms with E-state index in [1.54, 1.807) is 0 Å². The number of nitrogens with one attached hydrogen (secondary N) is 1. The van der Waals surface area contributed by atoms with E-state index in [2.05, 4.69) is 41.6 Å². The highest BCUT2D eigenvalue weighted by atomic mass is 15.3. The van der Waals surface area contributed by atoms with E-state index in [0.29, 0.717) is 6.04 Å². The van der Waals surface area contributed by atoms with E-state index in [0.717, 1.165) is 19.5 Å². The largest absolute Gasteiger partial charge is 0.312 e. The van der Waals surface area contributed by atoms with Gasteiger partial charge in [0.2, 0.25) is 0 Å². The van der Waals surface area contributed by atoms with Crippen molar-refractivity contribution >= 4 is 0 Å². The van der Waals surface area contributed by atoms with Crippen molar-refractivity contribution in [2.24, 2.45) is 7.05 Å². The van der Waals surface area contributed by atoms with Crippen LogP contribution in [0.4, 0.5) is 0 Å². The van der Waals surface area contributed by atoms with Crippen LogP contribution in [0.15, 0.2) is 24.7 Å². The lowest BCUT2D eigenvalue weighted by atomic mass is 10.3. The minimum Gasteiger partial charge on any atom is -0.312 e. The van der Waals surface area contributed by atoms with Gasteiger partial charge in [-0.1, -0.05) is 0 Å². The average molecular weight is 247 g/mol. The Morgan fingerprint density at radius 2 is 2.17 bits per heavy atom. The summed E-state index contributed by atoms with van der Waals surface area (Å²) in [7, 11) is 1.97. The molecule has 0 aliphatic heterocycles. The first-order chi connectivity index (χ1) is 8.66. The first-order valence-electron chi connectivity index (χ1n) is 6.37. The van der Waals surface area contributed by atoms with Crippen molar-refractivity contribution in [2.45, 2.75) is 32.9 Å². The van der Waals surface area contributed by atoms with Crippen molar-refractivity contribution in [3.63, 3.8) is 0 Å². The molecule has 0 bridgehead atoms. The molecule has 2 heterocycles. The predicted octanol–water partition coefficient (Wildman–Crippen LogP) is 1.53. The third kappa shape index (κ3) is 3.20. The van der Waals surface area contributed by atoms with Gasteiger partial charge in [-0.15, -0.1) is 0 Å². The second kappa shape index (κ2) is 5.82. The van der Waals surface area contributed by atoms with E-state index in [9.17, 15) is 0 Å². The molecule has 0 aliphatic carbocycles. The van der Waals surface area contributed by atoms with Gasteiger partial charge in [-0.25, -0.2) is 0 Å². The highest BCUT2D eigenvalue weighted by molar-refractivity contribution is 5.04. The quantitative estimate of drug-likeness (QED) is 0.788. The van der Waals surface area contributed by atoms with E-state index in [-0.39, 0.29) is 0 Å². The Hall–Kier alpha value is -1.62. The Kier molecular flexibility index (Phi) is 4.15. The number of rotatable bonds is 6. The summed E-state index contributed by atoms with van der Waals surface area (Å²) in [5, 5.41) is 11.9. The van der Waals surface area contributed by atoms with Crippen LogP contribution in [-0.2, 0) is 20.0 Å². The Labute approximate surface area is 108 Å². The van der Waals surface area contributed by atoms with Gasteiger partial charge in [-0.2, -0.15) is 10.2 Å². The third-order valence-electron chi connectivity index (χ3n) is 2.99. The minimum absolute atomic E-state index is 0.424. The van der Waals surface area contributed by atoms with Crippen molar-refractivity contribution in [3.8, 4) is 0 Å². The zero-order chi connectivity index (χ0) is 13.0. The molecule has 0 spiro atoms. The maximum Gasteiger partial charge on any atom is 0.0534 e. The smallest absolute Gasteiger partial charge is 0.0534 e. The normalized spacial score (nSPS) is 11.3. The van der Waals surface area contributed by atoms with Crippen molar-refractivity contribution in [3.05, 3.63) is 35.9 Å². The molecule has 0 radical (unpaired) electrons. The standard InChI is InChI=1S/C13H21N5/c1-11(2)18-10-12(9-16-18)8-14-6-4-13-5-7-15-17(13)3/h5,7,9-11,14H,4,6,8H2,1-3H3. The highest BCUT2D eigenvalue weighted by Crippen LogP contribution is 2.05. The van der Waals surface area contributed by atoms with Gasteiger partial charge in [-0.05, 0) is 19.9 Å². The van der Waals surface area contributed by atoms with Crippen LogP contribution in [0.25, 0.3) is 0 Å². The van der Waals surface area contributed by atoms with E-state index in [1.165, 1.54) is 11.3 Å². The van der Waals surface area contributed by atoms with Crippen molar-refractivity contribution in [2.75, 3.05) is 6.54 Å². The van der Waals surface area contributed by atoms with Crippen molar-refractivity contribution < 1.29 is 0 Å². The molecule has 0 unspecified atom stereocenters. The fraction of sp³-hybridized carbons (Fsp3) is 0.538. The molecule has 0 saturated heterocycles. The molecule has 0 amide bonds. The van der Waals surface area contributed by atoms with Crippen LogP contribution in [0.1, 0.15) is 31.1 Å². The summed E-state index contributed by atoms with van der Waals surface area (Å²) in [6.45, 7) is 6.08. The second-order valence-corrected chi connectivity index (χ2v) is 4.80. The number of aryl methyl sites for hydroxylation is 1. The van der Waals surface area contributed by atoms with Gasteiger partial charge in [-0.3, -0.25) is 9.36 Å². The van der Waals surface area contributed by atoms with Gasteiger partial charge < -0.3 is 5.32 Å². The van der Waals surface area contributed by atoms with Gasteiger partial charge >= 0.3 is 0 Å². The van der Waals surface area contributed by atoms with Crippen LogP contribution >= 0.6 is 0 Å². The third-order valence-corrected chi connectivity index (χ3v) is 2.99. The van der Waals surface area contributed by atoms with Crippen LogP contribution < -0.4 is 5.32 Å². The average Bonchev–Trinajstić information content (AvgIpc) is 2.94. The van der Waals surface area contributed by atoms with Crippen LogP contribution in [0.5, 0.6) is 0 Å². The van der Waals surface area contributed by atoms with Crippen LogP contribution in [0, 0.1) is 0 Å². The first-order valence-corrected chi connectivity index (χ1v) is 6.37. The summed E-state index contributed by atoms with van der Waals surface area (Å²) in [6.07, 6.45) is 6.86. The van der Waals surface area contributed by atoms with Gasteiger partial charge in [0, 0.05) is 56.3 Å². The lowest BCUT2D eigenvalue weighted by Gasteiger charge is -2.04. The maximum atomic E-state index is 4.32. The molecule has 5 heteroatoms. The molecule has 18 heavy (non-hydrogen) atoms. The molecule has 0 aromatic carbocycles. The van der Waals surface area contributed by atoms with E-state index in [1.807, 2.05) is 28.8 Å². The summed E-state index contributed by atoms with van der Waals surface area (Å²) in [4.78, 5) is 0. The van der Waals surface area contributed by atoms with Gasteiger partial charge in [0.25, 0.3) is 0 Å². The van der Waals surface area contributed by atoms with Crippen LogP contribution in [0.2, 0.25) is 0 Å². The second-order valence-electron chi connectivity index (χ2n) is 4.80. The Bertz CT molecular complexity index is 483. The van der Waals surface area contributed by atoms with Crippen LogP contribution in [-0.4, -0.2) is 26.1 Å². The van der Waals surface area contributed by atoms with Gasteiger partial charge in [0.05, 0.1) is 6.20 Å². The maximum absolute atomic E-state index is 4.32. The van der Waals surface area contributed by atoms with E-state index < -0.39 is 0 Å². The number of hydrogen-bond donors (Lipinski definition) is 1. The van der Waals surface area contributed by atoms with E-state index >= 15 is 0 Å². The molecule has 0 saturated carbocycles. The summed E-state index contributed by atoms with van der Waals surface area (Å²) in [5.74, 6) is 0. The SMILES string of the molecule is CC(C)n1cc(CNCCc2ccnn2C)cn1. The van der Waals surface area contributed by atoms with Gasteiger partial charge in [0.1, 0.15) is 0 Å². The summed E-state index contributed by atoms with van der Waals surface area (Å²) in [6, 6.07) is 2.48. The molecular formula is C13H21N5. The zero-order valence-corrected chi connectivity index (χ0v) is 11.3. The fourth-order valence-corrected chi connectivity index (χ4v) is 1.85. The lowest BCUT2D eigenvalue weighted by molar-refractivity contribution is 0.531. The Morgan fingerprint density at radius 3 is 2.78 bits per heavy atom. The summed E-state index contributed by atoms with van der Waals surface area (Å²) < 4.78 is 3.90. The topological polar surface area (TPSA) is 47.7 Å². The zero-order valence-electron chi connectivity index (χ0n) is 11.3. The predicted molar refractivity (Wildman–Crippen MR) is 71.2 cm³/mol. The molecule has 98 valence electrons. The van der Waals surface area contributed by atoms with Crippen molar-refractivity contribution in [1.29, 1.82) is 0 Å². The molecule has 0 atom stereocenters. The minimum atomic E-state index is 0.424. The number of nitrogens with zero attached hydrogens (tertiary/aromatic N) is 4. The lowest BCUT2D eigenvalue weighted by Crippen LogP contribution is -2.17. The molecule has 2 aromatic heterocycles. The summed E-state index contributed by atoms with van der Waals surface area (Å²) in [5.41, 5.74) is 2.48.